The summed E-state index contributed by atoms with van der Waals surface area (Å²) in [5.74, 6) is -0.678. The molecular formula is C10H16FN3O2S. The van der Waals surface area contributed by atoms with E-state index in [0.717, 1.165) is 18.5 Å². The number of aromatic nitrogens is 1. The van der Waals surface area contributed by atoms with E-state index in [1.54, 1.807) is 13.8 Å². The van der Waals surface area contributed by atoms with E-state index in [9.17, 15) is 12.8 Å². The van der Waals surface area contributed by atoms with Gasteiger partial charge in [-0.2, -0.15) is 4.31 Å². The van der Waals surface area contributed by atoms with Crippen molar-refractivity contribution in [2.45, 2.75) is 24.8 Å². The van der Waals surface area contributed by atoms with Crippen molar-refractivity contribution in [1.82, 2.24) is 9.29 Å². The van der Waals surface area contributed by atoms with E-state index < -0.39 is 15.8 Å². The minimum atomic E-state index is -3.73. The molecule has 7 heteroatoms. The first-order valence-electron chi connectivity index (χ1n) is 5.22. The Kier molecular flexibility index (Phi) is 4.55. The van der Waals surface area contributed by atoms with Gasteiger partial charge in [-0.05, 0) is 19.9 Å². The number of nitrogens with zero attached hydrogens (tertiary/aromatic N) is 2. The van der Waals surface area contributed by atoms with Crippen LogP contribution in [0, 0.1) is 5.82 Å². The maximum atomic E-state index is 13.0. The summed E-state index contributed by atoms with van der Waals surface area (Å²) in [5.41, 5.74) is 5.38. The molecule has 0 aliphatic heterocycles. The average Bonchev–Trinajstić information content (AvgIpc) is 2.25. The molecule has 2 N–H and O–H groups in total. The van der Waals surface area contributed by atoms with E-state index >= 15 is 0 Å². The Morgan fingerprint density at radius 1 is 1.47 bits per heavy atom. The number of pyridine rings is 1. The second-order valence-electron chi connectivity index (χ2n) is 3.84. The highest BCUT2D eigenvalue weighted by Crippen LogP contribution is 2.17. The third kappa shape index (κ3) is 3.21. The molecule has 0 fully saturated rings. The van der Waals surface area contributed by atoms with E-state index in [4.69, 9.17) is 5.73 Å². The van der Waals surface area contributed by atoms with Gasteiger partial charge in [0.15, 0.2) is 0 Å². The standard InChI is InChI=1S/C10H16FN3O2S/c1-8(2)14(4-3-12)17(15,16)10-5-9(11)6-13-7-10/h5-8H,3-4,12H2,1-2H3. The predicted molar refractivity (Wildman–Crippen MR) is 62.3 cm³/mol. The highest BCUT2D eigenvalue weighted by molar-refractivity contribution is 7.89. The molecule has 0 radical (unpaired) electrons. The van der Waals surface area contributed by atoms with Crippen molar-refractivity contribution in [1.29, 1.82) is 0 Å². The smallest absolute Gasteiger partial charge is 0.244 e. The van der Waals surface area contributed by atoms with Gasteiger partial charge in [0, 0.05) is 25.3 Å². The van der Waals surface area contributed by atoms with Crippen molar-refractivity contribution < 1.29 is 12.8 Å². The fourth-order valence-corrected chi connectivity index (χ4v) is 3.08. The number of halogens is 1. The van der Waals surface area contributed by atoms with Crippen molar-refractivity contribution in [3.63, 3.8) is 0 Å². The molecular weight excluding hydrogens is 245 g/mol. The van der Waals surface area contributed by atoms with Crippen LogP contribution in [0.3, 0.4) is 0 Å². The van der Waals surface area contributed by atoms with Gasteiger partial charge in [0.1, 0.15) is 10.7 Å². The molecule has 0 spiro atoms. The topological polar surface area (TPSA) is 76.3 Å². The number of nitrogens with two attached hydrogens (primary N) is 1. The zero-order valence-electron chi connectivity index (χ0n) is 9.80. The predicted octanol–water partition coefficient (Wildman–Crippen LogP) is 0.578. The largest absolute Gasteiger partial charge is 0.329 e. The molecule has 0 aliphatic rings. The first kappa shape index (κ1) is 14.0. The Bertz CT molecular complexity index is 476. The third-order valence-electron chi connectivity index (χ3n) is 2.21. The molecule has 0 amide bonds. The van der Waals surface area contributed by atoms with E-state index in [-0.39, 0.29) is 24.0 Å². The number of sulfonamides is 1. The summed E-state index contributed by atoms with van der Waals surface area (Å²) in [7, 11) is -3.73. The van der Waals surface area contributed by atoms with Gasteiger partial charge < -0.3 is 5.73 Å². The maximum absolute atomic E-state index is 13.0. The summed E-state index contributed by atoms with van der Waals surface area (Å²) in [6.07, 6.45) is 2.09. The van der Waals surface area contributed by atoms with Crippen molar-refractivity contribution in [2.75, 3.05) is 13.1 Å². The summed E-state index contributed by atoms with van der Waals surface area (Å²) in [6.45, 7) is 3.87. The molecule has 1 rings (SSSR count). The van der Waals surface area contributed by atoms with E-state index in [2.05, 4.69) is 4.98 Å². The summed E-state index contributed by atoms with van der Waals surface area (Å²) in [4.78, 5) is 3.39. The molecule has 1 aromatic rings. The van der Waals surface area contributed by atoms with Crippen molar-refractivity contribution >= 4 is 10.0 Å². The molecule has 0 aromatic carbocycles. The fourth-order valence-electron chi connectivity index (χ4n) is 1.45. The molecule has 0 unspecified atom stereocenters. The number of rotatable bonds is 5. The van der Waals surface area contributed by atoms with Gasteiger partial charge >= 0.3 is 0 Å². The van der Waals surface area contributed by atoms with Crippen LogP contribution in [-0.4, -0.2) is 36.8 Å². The van der Waals surface area contributed by atoms with Gasteiger partial charge in [0.2, 0.25) is 10.0 Å². The number of hydrogen-bond acceptors (Lipinski definition) is 4. The van der Waals surface area contributed by atoms with Crippen LogP contribution in [0.5, 0.6) is 0 Å². The summed E-state index contributed by atoms with van der Waals surface area (Å²) in [6, 6.07) is 0.709. The quantitative estimate of drug-likeness (QED) is 0.841. The van der Waals surface area contributed by atoms with Gasteiger partial charge in [-0.3, -0.25) is 4.98 Å². The van der Waals surface area contributed by atoms with Crippen LogP contribution < -0.4 is 5.73 Å². The summed E-state index contributed by atoms with van der Waals surface area (Å²) < 4.78 is 38.6. The van der Waals surface area contributed by atoms with Crippen LogP contribution in [-0.2, 0) is 10.0 Å². The average molecular weight is 261 g/mol. The lowest BCUT2D eigenvalue weighted by Gasteiger charge is -2.25. The fraction of sp³-hybridized carbons (Fsp3) is 0.500. The van der Waals surface area contributed by atoms with Crippen LogP contribution in [0.4, 0.5) is 4.39 Å². The Labute approximate surface area is 101 Å². The molecule has 0 saturated carbocycles. The molecule has 0 saturated heterocycles. The lowest BCUT2D eigenvalue weighted by atomic mass is 10.4. The third-order valence-corrected chi connectivity index (χ3v) is 4.25. The van der Waals surface area contributed by atoms with Crippen LogP contribution >= 0.6 is 0 Å². The van der Waals surface area contributed by atoms with E-state index in [1.807, 2.05) is 0 Å². The van der Waals surface area contributed by atoms with Gasteiger partial charge in [-0.1, -0.05) is 0 Å². The maximum Gasteiger partial charge on any atom is 0.244 e. The van der Waals surface area contributed by atoms with Gasteiger partial charge in [0.05, 0.1) is 6.20 Å². The summed E-state index contributed by atoms with van der Waals surface area (Å²) >= 11 is 0. The second-order valence-corrected chi connectivity index (χ2v) is 5.73. The van der Waals surface area contributed by atoms with Crippen LogP contribution in [0.25, 0.3) is 0 Å². The lowest BCUT2D eigenvalue weighted by Crippen LogP contribution is -2.40. The molecule has 0 atom stereocenters. The van der Waals surface area contributed by atoms with Crippen LogP contribution in [0.2, 0.25) is 0 Å². The molecule has 5 nitrogen and oxygen atoms in total. The van der Waals surface area contributed by atoms with Crippen molar-refractivity contribution in [3.8, 4) is 0 Å². The first-order valence-corrected chi connectivity index (χ1v) is 6.66. The van der Waals surface area contributed by atoms with Gasteiger partial charge in [-0.15, -0.1) is 0 Å². The van der Waals surface area contributed by atoms with Crippen molar-refractivity contribution in [2.24, 2.45) is 5.73 Å². The van der Waals surface area contributed by atoms with E-state index in [1.165, 1.54) is 4.31 Å². The van der Waals surface area contributed by atoms with Gasteiger partial charge in [-0.25, -0.2) is 12.8 Å². The molecule has 1 aromatic heterocycles. The highest BCUT2D eigenvalue weighted by Gasteiger charge is 2.26. The van der Waals surface area contributed by atoms with E-state index in [0.29, 0.717) is 0 Å². The first-order chi connectivity index (χ1) is 7.89. The molecule has 1 heterocycles. The Morgan fingerprint density at radius 3 is 2.59 bits per heavy atom. The molecule has 0 aliphatic carbocycles. The second kappa shape index (κ2) is 5.52. The van der Waals surface area contributed by atoms with Crippen LogP contribution in [0.15, 0.2) is 23.4 Å². The Morgan fingerprint density at radius 2 is 2.12 bits per heavy atom. The highest BCUT2D eigenvalue weighted by atomic mass is 32.2. The van der Waals surface area contributed by atoms with Gasteiger partial charge in [0.25, 0.3) is 0 Å². The van der Waals surface area contributed by atoms with Crippen LogP contribution in [0.1, 0.15) is 13.8 Å². The zero-order chi connectivity index (χ0) is 13.1. The normalized spacial score (nSPS) is 12.4. The van der Waals surface area contributed by atoms with Crippen molar-refractivity contribution in [3.05, 3.63) is 24.3 Å². The Balaban J connectivity index is 3.16. The molecule has 96 valence electrons. The summed E-state index contributed by atoms with van der Waals surface area (Å²) in [5, 5.41) is 0. The zero-order valence-corrected chi connectivity index (χ0v) is 10.6. The molecule has 0 bridgehead atoms. The monoisotopic (exact) mass is 261 g/mol. The SMILES string of the molecule is CC(C)N(CCN)S(=O)(=O)c1cncc(F)c1. The minimum Gasteiger partial charge on any atom is -0.329 e. The number of hydrogen-bond donors (Lipinski definition) is 1. The lowest BCUT2D eigenvalue weighted by molar-refractivity contribution is 0.361. The molecule has 17 heavy (non-hydrogen) atoms. The minimum absolute atomic E-state index is 0.153. The Hall–Kier alpha value is -1.05.